The summed E-state index contributed by atoms with van der Waals surface area (Å²) in [5, 5.41) is 4.48. The van der Waals surface area contributed by atoms with Crippen LogP contribution in [0.5, 0.6) is 0 Å². The minimum absolute atomic E-state index is 0.105. The average Bonchev–Trinajstić information content (AvgIpc) is 3.23. The Balaban J connectivity index is 1.46. The first-order valence-corrected chi connectivity index (χ1v) is 9.86. The molecule has 134 valence electrons. The molecule has 26 heavy (non-hydrogen) atoms. The second-order valence-corrected chi connectivity index (χ2v) is 7.86. The summed E-state index contributed by atoms with van der Waals surface area (Å²) in [6.45, 7) is 3.32. The summed E-state index contributed by atoms with van der Waals surface area (Å²) in [7, 11) is 0. The van der Waals surface area contributed by atoms with Gasteiger partial charge >= 0.3 is 0 Å². The summed E-state index contributed by atoms with van der Waals surface area (Å²) in [4.78, 5) is 22.4. The molecule has 3 heterocycles. The monoisotopic (exact) mass is 386 g/mol. The van der Waals surface area contributed by atoms with Crippen LogP contribution in [0.15, 0.2) is 30.5 Å². The van der Waals surface area contributed by atoms with Gasteiger partial charge in [-0.15, -0.1) is 11.3 Å². The van der Waals surface area contributed by atoms with Crippen LogP contribution in [0.25, 0.3) is 10.6 Å². The van der Waals surface area contributed by atoms with Crippen molar-refractivity contribution in [3.05, 3.63) is 57.6 Å². The molecule has 0 unspecified atom stereocenters. The van der Waals surface area contributed by atoms with Crippen LogP contribution in [-0.4, -0.2) is 20.4 Å². The van der Waals surface area contributed by atoms with Crippen molar-refractivity contribution in [1.82, 2.24) is 19.9 Å². The molecule has 0 spiro atoms. The maximum Gasteiger partial charge on any atom is 0.263 e. The van der Waals surface area contributed by atoms with E-state index in [1.165, 1.54) is 24.2 Å². The van der Waals surface area contributed by atoms with Gasteiger partial charge in [0.05, 0.1) is 17.9 Å². The van der Waals surface area contributed by atoms with Crippen LogP contribution < -0.4 is 5.32 Å². The molecular formula is C19H19ClN4OS. The number of fused-ring (bicyclic) bond motifs is 1. The topological polar surface area (TPSA) is 59.8 Å². The molecule has 1 amide bonds. The Morgan fingerprint density at radius 1 is 1.27 bits per heavy atom. The predicted molar refractivity (Wildman–Crippen MR) is 104 cm³/mol. The Morgan fingerprint density at radius 2 is 2.08 bits per heavy atom. The molecule has 0 fully saturated rings. The van der Waals surface area contributed by atoms with Crippen LogP contribution in [0, 0.1) is 6.92 Å². The van der Waals surface area contributed by atoms with Crippen molar-refractivity contribution in [1.29, 1.82) is 0 Å². The van der Waals surface area contributed by atoms with Crippen molar-refractivity contribution >= 4 is 28.8 Å². The molecule has 7 heteroatoms. The van der Waals surface area contributed by atoms with Gasteiger partial charge in [-0.1, -0.05) is 23.7 Å². The second-order valence-electron chi connectivity index (χ2n) is 6.42. The quantitative estimate of drug-likeness (QED) is 0.729. The van der Waals surface area contributed by atoms with Crippen molar-refractivity contribution in [2.24, 2.45) is 0 Å². The first-order valence-electron chi connectivity index (χ1n) is 8.66. The molecule has 3 aromatic rings. The Morgan fingerprint density at radius 3 is 2.85 bits per heavy atom. The minimum Gasteiger partial charge on any atom is -0.346 e. The fraction of sp³-hybridized carbons (Fsp3) is 0.316. The van der Waals surface area contributed by atoms with E-state index in [9.17, 15) is 4.79 Å². The van der Waals surface area contributed by atoms with Crippen LogP contribution in [0.2, 0.25) is 5.02 Å². The second kappa shape index (κ2) is 7.21. The van der Waals surface area contributed by atoms with Crippen LogP contribution >= 0.6 is 22.9 Å². The van der Waals surface area contributed by atoms with Crippen molar-refractivity contribution in [3.8, 4) is 10.6 Å². The van der Waals surface area contributed by atoms with Crippen molar-refractivity contribution in [2.45, 2.75) is 39.3 Å². The molecule has 4 rings (SSSR count). The first-order chi connectivity index (χ1) is 12.6. The van der Waals surface area contributed by atoms with Gasteiger partial charge in [0.2, 0.25) is 0 Å². The standard InChI is InChI=1S/C19H19ClN4OS/c1-12-17(26-19(22-12)13-5-7-14(20)8-6-13)18(25)21-10-15-11-24-9-3-2-4-16(24)23-15/h5-8,11H,2-4,9-10H2,1H3,(H,21,25). The average molecular weight is 387 g/mol. The van der Waals surface area contributed by atoms with Gasteiger partial charge in [-0.25, -0.2) is 9.97 Å². The van der Waals surface area contributed by atoms with Gasteiger partial charge in [0.1, 0.15) is 15.7 Å². The van der Waals surface area contributed by atoms with Crippen LogP contribution in [0.3, 0.4) is 0 Å². The highest BCUT2D eigenvalue weighted by Crippen LogP contribution is 2.28. The third-order valence-corrected chi connectivity index (χ3v) is 5.94. The number of carbonyl (C=O) groups is 1. The molecule has 1 aliphatic heterocycles. The SMILES string of the molecule is Cc1nc(-c2ccc(Cl)cc2)sc1C(=O)NCc1cn2c(n1)CCCC2. The molecule has 0 saturated heterocycles. The highest BCUT2D eigenvalue weighted by atomic mass is 35.5. The number of benzene rings is 1. The molecule has 0 bridgehead atoms. The van der Waals surface area contributed by atoms with Crippen LogP contribution in [0.4, 0.5) is 0 Å². The predicted octanol–water partition coefficient (Wildman–Crippen LogP) is 4.23. The number of aromatic nitrogens is 3. The Labute approximate surface area is 161 Å². The fourth-order valence-electron chi connectivity index (χ4n) is 3.13. The Hall–Kier alpha value is -2.18. The van der Waals surface area contributed by atoms with E-state index in [0.717, 1.165) is 40.7 Å². The van der Waals surface area contributed by atoms with E-state index in [1.807, 2.05) is 37.4 Å². The van der Waals surface area contributed by atoms with E-state index in [1.54, 1.807) is 0 Å². The summed E-state index contributed by atoms with van der Waals surface area (Å²) in [5.41, 5.74) is 2.61. The lowest BCUT2D eigenvalue weighted by atomic mass is 10.2. The van der Waals surface area contributed by atoms with Gasteiger partial charge in [-0.2, -0.15) is 0 Å². The Kier molecular flexibility index (Phi) is 4.78. The minimum atomic E-state index is -0.105. The van der Waals surface area contributed by atoms with Crippen molar-refractivity contribution in [3.63, 3.8) is 0 Å². The van der Waals surface area contributed by atoms with E-state index in [2.05, 4.69) is 19.9 Å². The molecule has 0 atom stereocenters. The number of aryl methyl sites for hydroxylation is 3. The molecule has 0 saturated carbocycles. The molecule has 2 aromatic heterocycles. The number of rotatable bonds is 4. The lowest BCUT2D eigenvalue weighted by Gasteiger charge is -2.11. The van der Waals surface area contributed by atoms with E-state index in [4.69, 9.17) is 11.6 Å². The number of nitrogens with one attached hydrogen (secondary N) is 1. The number of hydrogen-bond donors (Lipinski definition) is 1. The number of imidazole rings is 1. The maximum absolute atomic E-state index is 12.6. The van der Waals surface area contributed by atoms with Gasteiger partial charge in [0.15, 0.2) is 0 Å². The number of hydrogen-bond acceptors (Lipinski definition) is 4. The molecule has 1 N–H and O–H groups in total. The zero-order chi connectivity index (χ0) is 18.1. The van der Waals surface area contributed by atoms with Crippen molar-refractivity contribution < 1.29 is 4.79 Å². The van der Waals surface area contributed by atoms with E-state index >= 15 is 0 Å². The number of carbonyl (C=O) groups excluding carboxylic acids is 1. The summed E-state index contributed by atoms with van der Waals surface area (Å²) in [6, 6.07) is 7.48. The number of nitrogens with zero attached hydrogens (tertiary/aromatic N) is 3. The third kappa shape index (κ3) is 3.52. The number of halogens is 1. The maximum atomic E-state index is 12.6. The van der Waals surface area contributed by atoms with Gasteiger partial charge < -0.3 is 9.88 Å². The summed E-state index contributed by atoms with van der Waals surface area (Å²) in [5.74, 6) is 1.02. The number of amides is 1. The van der Waals surface area contributed by atoms with Crippen LogP contribution in [-0.2, 0) is 19.5 Å². The van der Waals surface area contributed by atoms with E-state index in [0.29, 0.717) is 16.4 Å². The van der Waals surface area contributed by atoms with Crippen LogP contribution in [0.1, 0.15) is 39.7 Å². The summed E-state index contributed by atoms with van der Waals surface area (Å²) < 4.78 is 2.20. The molecular weight excluding hydrogens is 368 g/mol. The van der Waals surface area contributed by atoms with Gasteiger partial charge in [0.25, 0.3) is 5.91 Å². The lowest BCUT2D eigenvalue weighted by Crippen LogP contribution is -2.22. The molecule has 1 aromatic carbocycles. The highest BCUT2D eigenvalue weighted by molar-refractivity contribution is 7.17. The summed E-state index contributed by atoms with van der Waals surface area (Å²) >= 11 is 7.33. The highest BCUT2D eigenvalue weighted by Gasteiger charge is 2.17. The number of thiazole rings is 1. The lowest BCUT2D eigenvalue weighted by molar-refractivity contribution is 0.0953. The molecule has 1 aliphatic rings. The smallest absolute Gasteiger partial charge is 0.263 e. The van der Waals surface area contributed by atoms with Gasteiger partial charge in [0, 0.05) is 29.7 Å². The van der Waals surface area contributed by atoms with Gasteiger partial charge in [-0.05, 0) is 31.9 Å². The van der Waals surface area contributed by atoms with Crippen molar-refractivity contribution in [2.75, 3.05) is 0 Å². The zero-order valence-corrected chi connectivity index (χ0v) is 16.0. The van der Waals surface area contributed by atoms with E-state index < -0.39 is 0 Å². The Bertz CT molecular complexity index is 922. The zero-order valence-electron chi connectivity index (χ0n) is 14.5. The third-order valence-electron chi connectivity index (χ3n) is 4.48. The normalized spacial score (nSPS) is 13.5. The summed E-state index contributed by atoms with van der Waals surface area (Å²) in [6.07, 6.45) is 5.46. The molecule has 0 aliphatic carbocycles. The largest absolute Gasteiger partial charge is 0.346 e. The molecule has 5 nitrogen and oxygen atoms in total. The molecule has 0 radical (unpaired) electrons. The fourth-order valence-corrected chi connectivity index (χ4v) is 4.25. The van der Waals surface area contributed by atoms with E-state index in [-0.39, 0.29) is 5.91 Å². The first kappa shape index (κ1) is 17.2. The van der Waals surface area contributed by atoms with Gasteiger partial charge in [-0.3, -0.25) is 4.79 Å².